The van der Waals surface area contributed by atoms with Crippen molar-refractivity contribution in [3.05, 3.63) is 17.3 Å². The number of aryl methyl sites for hydroxylation is 1. The Labute approximate surface area is 91.5 Å². The SMILES string of the molecule is C=Nc1cc(C)nn1/C=C(\C)C(C)(C)C. The average molecular weight is 205 g/mol. The van der Waals surface area contributed by atoms with E-state index >= 15 is 0 Å². The van der Waals surface area contributed by atoms with Crippen molar-refractivity contribution in [3.8, 4) is 0 Å². The van der Waals surface area contributed by atoms with Crippen LogP contribution in [0.25, 0.3) is 6.20 Å². The standard InChI is InChI=1S/C12H19N3/c1-9(12(3,4)5)8-15-11(13-6)7-10(2)14-15/h7-8H,6H2,1-5H3/b9-8+. The monoisotopic (exact) mass is 205 g/mol. The van der Waals surface area contributed by atoms with E-state index in [9.17, 15) is 0 Å². The maximum absolute atomic E-state index is 4.34. The Balaban J connectivity index is 3.12. The van der Waals surface area contributed by atoms with Crippen molar-refractivity contribution < 1.29 is 0 Å². The fourth-order valence-corrected chi connectivity index (χ4v) is 1.09. The number of aliphatic imine (C=N–C) groups is 1. The fraction of sp³-hybridized carbons (Fsp3) is 0.500. The van der Waals surface area contributed by atoms with Crippen LogP contribution in [0.15, 0.2) is 16.6 Å². The lowest BCUT2D eigenvalue weighted by atomic mass is 9.88. The molecule has 0 aliphatic carbocycles. The fourth-order valence-electron chi connectivity index (χ4n) is 1.09. The second-order valence-corrected chi connectivity index (χ2v) is 4.81. The predicted molar refractivity (Wildman–Crippen MR) is 65.6 cm³/mol. The summed E-state index contributed by atoms with van der Waals surface area (Å²) in [6.45, 7) is 14.1. The molecule has 1 aromatic heterocycles. The van der Waals surface area contributed by atoms with E-state index in [1.807, 2.05) is 19.2 Å². The van der Waals surface area contributed by atoms with Crippen molar-refractivity contribution in [1.82, 2.24) is 9.78 Å². The maximum Gasteiger partial charge on any atom is 0.154 e. The Morgan fingerprint density at radius 1 is 1.53 bits per heavy atom. The average Bonchev–Trinajstić information content (AvgIpc) is 2.44. The molecule has 3 nitrogen and oxygen atoms in total. The largest absolute Gasteiger partial charge is 0.245 e. The molecule has 0 radical (unpaired) electrons. The Hall–Kier alpha value is -1.38. The van der Waals surface area contributed by atoms with Crippen LogP contribution in [0, 0.1) is 12.3 Å². The third-order valence-electron chi connectivity index (χ3n) is 2.50. The summed E-state index contributed by atoms with van der Waals surface area (Å²) in [4.78, 5) is 3.93. The van der Waals surface area contributed by atoms with Gasteiger partial charge in [0.15, 0.2) is 5.82 Å². The van der Waals surface area contributed by atoms with Crippen LogP contribution >= 0.6 is 0 Å². The van der Waals surface area contributed by atoms with Crippen molar-refractivity contribution in [2.45, 2.75) is 34.6 Å². The zero-order chi connectivity index (χ0) is 11.6. The lowest BCUT2D eigenvalue weighted by molar-refractivity contribution is 0.505. The van der Waals surface area contributed by atoms with Gasteiger partial charge in [0.2, 0.25) is 0 Å². The molecule has 1 rings (SSSR count). The van der Waals surface area contributed by atoms with Crippen molar-refractivity contribution in [3.63, 3.8) is 0 Å². The summed E-state index contributed by atoms with van der Waals surface area (Å²) in [5.41, 5.74) is 2.36. The molecule has 15 heavy (non-hydrogen) atoms. The lowest BCUT2D eigenvalue weighted by Crippen LogP contribution is -2.07. The van der Waals surface area contributed by atoms with Crippen LogP contribution in [0.1, 0.15) is 33.4 Å². The van der Waals surface area contributed by atoms with E-state index in [1.54, 1.807) is 4.68 Å². The van der Waals surface area contributed by atoms with Gasteiger partial charge in [-0.1, -0.05) is 20.8 Å². The molecule has 82 valence electrons. The van der Waals surface area contributed by atoms with Gasteiger partial charge in [-0.2, -0.15) is 5.10 Å². The van der Waals surface area contributed by atoms with E-state index in [0.29, 0.717) is 0 Å². The Morgan fingerprint density at radius 2 is 2.13 bits per heavy atom. The van der Waals surface area contributed by atoms with Crippen LogP contribution in [0.2, 0.25) is 0 Å². The van der Waals surface area contributed by atoms with Gasteiger partial charge in [0.1, 0.15) is 0 Å². The number of nitrogens with zero attached hydrogens (tertiary/aromatic N) is 3. The van der Waals surface area contributed by atoms with E-state index in [-0.39, 0.29) is 5.41 Å². The van der Waals surface area contributed by atoms with Gasteiger partial charge >= 0.3 is 0 Å². The molecule has 0 unspecified atom stereocenters. The lowest BCUT2D eigenvalue weighted by Gasteiger charge is -2.19. The van der Waals surface area contributed by atoms with E-state index in [4.69, 9.17) is 0 Å². The summed E-state index contributed by atoms with van der Waals surface area (Å²) < 4.78 is 1.78. The highest BCUT2D eigenvalue weighted by Crippen LogP contribution is 2.26. The summed E-state index contributed by atoms with van der Waals surface area (Å²) in [6, 6.07) is 1.92. The third kappa shape index (κ3) is 2.78. The molecule has 1 heterocycles. The second kappa shape index (κ2) is 4.01. The van der Waals surface area contributed by atoms with Gasteiger partial charge < -0.3 is 0 Å². The zero-order valence-corrected chi connectivity index (χ0v) is 10.2. The Bertz CT molecular complexity index is 391. The topological polar surface area (TPSA) is 30.2 Å². The van der Waals surface area contributed by atoms with Gasteiger partial charge in [0, 0.05) is 12.3 Å². The molecule has 0 amide bonds. The molecule has 0 aliphatic heterocycles. The molecule has 0 aromatic carbocycles. The van der Waals surface area contributed by atoms with Crippen LogP contribution in [-0.4, -0.2) is 16.5 Å². The van der Waals surface area contributed by atoms with Crippen LogP contribution in [0.3, 0.4) is 0 Å². The molecule has 0 saturated heterocycles. The molecule has 0 bridgehead atoms. The molecule has 0 aliphatic rings. The Kier molecular flexibility index (Phi) is 3.12. The molecular weight excluding hydrogens is 186 g/mol. The van der Waals surface area contributed by atoms with Gasteiger partial charge in [0.05, 0.1) is 5.69 Å². The quantitative estimate of drug-likeness (QED) is 0.680. The van der Waals surface area contributed by atoms with Gasteiger partial charge in [-0.05, 0) is 31.6 Å². The Morgan fingerprint density at radius 3 is 2.60 bits per heavy atom. The van der Waals surface area contributed by atoms with Crippen molar-refractivity contribution in [2.24, 2.45) is 10.4 Å². The summed E-state index contributed by atoms with van der Waals surface area (Å²) in [5, 5.41) is 4.34. The molecule has 0 spiro atoms. The number of allylic oxidation sites excluding steroid dienone is 1. The molecular formula is C12H19N3. The van der Waals surface area contributed by atoms with E-state index in [1.165, 1.54) is 5.57 Å². The molecule has 3 heteroatoms. The predicted octanol–water partition coefficient (Wildman–Crippen LogP) is 3.43. The third-order valence-corrected chi connectivity index (χ3v) is 2.50. The highest BCUT2D eigenvalue weighted by molar-refractivity contribution is 5.47. The summed E-state index contributed by atoms with van der Waals surface area (Å²) in [6.07, 6.45) is 2.01. The molecule has 1 aromatic rings. The first kappa shape index (κ1) is 11.7. The normalized spacial score (nSPS) is 13.0. The minimum atomic E-state index is 0.151. The van der Waals surface area contributed by atoms with Gasteiger partial charge in [-0.15, -0.1) is 0 Å². The first-order valence-electron chi connectivity index (χ1n) is 5.06. The highest BCUT2D eigenvalue weighted by Gasteiger charge is 2.13. The van der Waals surface area contributed by atoms with E-state index in [0.717, 1.165) is 11.5 Å². The molecule has 0 saturated carbocycles. The summed E-state index contributed by atoms with van der Waals surface area (Å²) >= 11 is 0. The van der Waals surface area contributed by atoms with E-state index < -0.39 is 0 Å². The second-order valence-electron chi connectivity index (χ2n) is 4.81. The maximum atomic E-state index is 4.34. The minimum absolute atomic E-state index is 0.151. The molecule has 0 atom stereocenters. The number of hydrogen-bond acceptors (Lipinski definition) is 2. The minimum Gasteiger partial charge on any atom is -0.245 e. The number of hydrogen-bond donors (Lipinski definition) is 0. The zero-order valence-electron chi connectivity index (χ0n) is 10.2. The first-order chi connectivity index (χ1) is 6.84. The van der Waals surface area contributed by atoms with Crippen molar-refractivity contribution in [2.75, 3.05) is 0 Å². The smallest absolute Gasteiger partial charge is 0.154 e. The number of rotatable bonds is 2. The van der Waals surface area contributed by atoms with Gasteiger partial charge in [-0.25, -0.2) is 9.67 Å². The van der Waals surface area contributed by atoms with Gasteiger partial charge in [0.25, 0.3) is 0 Å². The van der Waals surface area contributed by atoms with Crippen LogP contribution in [0.4, 0.5) is 5.82 Å². The van der Waals surface area contributed by atoms with Crippen LogP contribution in [-0.2, 0) is 0 Å². The van der Waals surface area contributed by atoms with Crippen LogP contribution < -0.4 is 0 Å². The van der Waals surface area contributed by atoms with Crippen molar-refractivity contribution in [1.29, 1.82) is 0 Å². The molecule has 0 N–H and O–H groups in total. The molecule has 0 fully saturated rings. The van der Waals surface area contributed by atoms with Gasteiger partial charge in [-0.3, -0.25) is 0 Å². The van der Waals surface area contributed by atoms with E-state index in [2.05, 4.69) is 44.5 Å². The first-order valence-corrected chi connectivity index (χ1v) is 5.06. The summed E-state index contributed by atoms with van der Waals surface area (Å²) in [5.74, 6) is 0.788. The van der Waals surface area contributed by atoms with Crippen molar-refractivity contribution >= 4 is 18.7 Å². The summed E-state index contributed by atoms with van der Waals surface area (Å²) in [7, 11) is 0. The van der Waals surface area contributed by atoms with Crippen LogP contribution in [0.5, 0.6) is 0 Å². The number of aromatic nitrogens is 2. The highest BCUT2D eigenvalue weighted by atomic mass is 15.3.